The zero-order valence-electron chi connectivity index (χ0n) is 12.8. The van der Waals surface area contributed by atoms with E-state index in [0.29, 0.717) is 0 Å². The molecule has 0 bridgehead atoms. The first-order valence-electron chi connectivity index (χ1n) is 6.99. The fourth-order valence-electron chi connectivity index (χ4n) is 2.50. The molecule has 2 aromatic rings. The smallest absolute Gasteiger partial charge is 0.128 e. The van der Waals surface area contributed by atoms with Crippen molar-refractivity contribution in [3.05, 3.63) is 53.1 Å². The van der Waals surface area contributed by atoms with Gasteiger partial charge in [0.2, 0.25) is 0 Å². The number of pyridine rings is 2. The maximum absolute atomic E-state index is 5.69. The summed E-state index contributed by atoms with van der Waals surface area (Å²) >= 11 is 0. The van der Waals surface area contributed by atoms with Gasteiger partial charge in [0.1, 0.15) is 5.75 Å². The van der Waals surface area contributed by atoms with Gasteiger partial charge in [0.15, 0.2) is 0 Å². The molecule has 5 nitrogen and oxygen atoms in total. The van der Waals surface area contributed by atoms with Crippen molar-refractivity contribution in [2.75, 3.05) is 7.11 Å². The molecule has 0 saturated heterocycles. The van der Waals surface area contributed by atoms with Crippen molar-refractivity contribution in [3.63, 3.8) is 0 Å². The van der Waals surface area contributed by atoms with Crippen LogP contribution in [0.1, 0.15) is 22.4 Å². The average molecular weight is 286 g/mol. The van der Waals surface area contributed by atoms with Crippen molar-refractivity contribution >= 4 is 0 Å². The van der Waals surface area contributed by atoms with Gasteiger partial charge in [-0.15, -0.1) is 0 Å². The molecule has 5 heteroatoms. The maximum Gasteiger partial charge on any atom is 0.128 e. The van der Waals surface area contributed by atoms with E-state index in [1.54, 1.807) is 13.3 Å². The largest absolute Gasteiger partial charge is 0.496 e. The summed E-state index contributed by atoms with van der Waals surface area (Å²) < 4.78 is 5.45. The lowest BCUT2D eigenvalue weighted by atomic mass is 10.00. The lowest BCUT2D eigenvalue weighted by Gasteiger charge is -2.18. The second-order valence-corrected chi connectivity index (χ2v) is 5.18. The van der Waals surface area contributed by atoms with E-state index in [2.05, 4.69) is 15.4 Å². The highest BCUT2D eigenvalue weighted by Crippen LogP contribution is 2.24. The van der Waals surface area contributed by atoms with E-state index in [1.807, 2.05) is 38.4 Å². The number of ether oxygens (including phenoxy) is 1. The first-order valence-corrected chi connectivity index (χ1v) is 6.99. The Kier molecular flexibility index (Phi) is 5.25. The predicted molar refractivity (Wildman–Crippen MR) is 83.0 cm³/mol. The Morgan fingerprint density at radius 3 is 2.71 bits per heavy atom. The third-order valence-electron chi connectivity index (χ3n) is 3.63. The number of nitrogens with one attached hydrogen (secondary N) is 1. The molecule has 0 amide bonds. The van der Waals surface area contributed by atoms with E-state index in [9.17, 15) is 0 Å². The van der Waals surface area contributed by atoms with Crippen LogP contribution in [0.25, 0.3) is 0 Å². The molecule has 0 aliphatic rings. The second-order valence-electron chi connectivity index (χ2n) is 5.18. The molecule has 1 unspecified atom stereocenters. The highest BCUT2D eigenvalue weighted by molar-refractivity contribution is 5.41. The van der Waals surface area contributed by atoms with E-state index in [0.717, 1.165) is 41.0 Å². The lowest BCUT2D eigenvalue weighted by Crippen LogP contribution is -2.38. The van der Waals surface area contributed by atoms with Crippen molar-refractivity contribution in [1.29, 1.82) is 0 Å². The van der Waals surface area contributed by atoms with Gasteiger partial charge in [-0.1, -0.05) is 6.07 Å². The number of methoxy groups -OCH3 is 1. The predicted octanol–water partition coefficient (Wildman–Crippen LogP) is 1.72. The van der Waals surface area contributed by atoms with Gasteiger partial charge in [-0.3, -0.25) is 21.2 Å². The summed E-state index contributed by atoms with van der Waals surface area (Å²) in [5, 5.41) is 0. The Morgan fingerprint density at radius 2 is 2.10 bits per heavy atom. The van der Waals surface area contributed by atoms with Gasteiger partial charge in [-0.2, -0.15) is 0 Å². The molecule has 2 aromatic heterocycles. The Labute approximate surface area is 125 Å². The number of aromatic nitrogens is 2. The normalized spacial score (nSPS) is 12.2. The molecular formula is C16H22N4O. The van der Waals surface area contributed by atoms with Gasteiger partial charge < -0.3 is 4.74 Å². The Bertz CT molecular complexity index is 586. The highest BCUT2D eigenvalue weighted by Gasteiger charge is 2.15. The monoisotopic (exact) mass is 286 g/mol. The van der Waals surface area contributed by atoms with E-state index in [1.165, 1.54) is 0 Å². The molecule has 2 rings (SSSR count). The minimum absolute atomic E-state index is 0.104. The van der Waals surface area contributed by atoms with Gasteiger partial charge in [-0.25, -0.2) is 0 Å². The minimum Gasteiger partial charge on any atom is -0.496 e. The van der Waals surface area contributed by atoms with Crippen LogP contribution in [-0.4, -0.2) is 23.1 Å². The number of aryl methyl sites for hydroxylation is 1. The zero-order chi connectivity index (χ0) is 15.2. The fourth-order valence-corrected chi connectivity index (χ4v) is 2.50. The SMILES string of the molecule is COc1c(C)cnc(CC(Cc2cccnc2)NN)c1C. The molecule has 3 N–H and O–H groups in total. The molecule has 0 fully saturated rings. The van der Waals surface area contributed by atoms with Crippen LogP contribution in [0.15, 0.2) is 30.7 Å². The number of nitrogens with zero attached hydrogens (tertiary/aromatic N) is 2. The molecule has 0 aromatic carbocycles. The molecule has 0 aliphatic carbocycles. The number of hydrazine groups is 1. The molecule has 0 spiro atoms. The van der Waals surface area contributed by atoms with Crippen molar-refractivity contribution in [2.45, 2.75) is 32.7 Å². The highest BCUT2D eigenvalue weighted by atomic mass is 16.5. The summed E-state index contributed by atoms with van der Waals surface area (Å²) in [6.45, 7) is 4.03. The first kappa shape index (κ1) is 15.4. The van der Waals surface area contributed by atoms with Crippen LogP contribution in [0.5, 0.6) is 5.75 Å². The van der Waals surface area contributed by atoms with Crippen LogP contribution in [0.3, 0.4) is 0 Å². The van der Waals surface area contributed by atoms with Crippen LogP contribution >= 0.6 is 0 Å². The summed E-state index contributed by atoms with van der Waals surface area (Å²) in [5.74, 6) is 6.59. The third kappa shape index (κ3) is 3.77. The lowest BCUT2D eigenvalue weighted by molar-refractivity contribution is 0.406. The fraction of sp³-hybridized carbons (Fsp3) is 0.375. The summed E-state index contributed by atoms with van der Waals surface area (Å²) in [4.78, 5) is 8.66. The van der Waals surface area contributed by atoms with Crippen molar-refractivity contribution < 1.29 is 4.74 Å². The van der Waals surface area contributed by atoms with Crippen LogP contribution in [-0.2, 0) is 12.8 Å². The second kappa shape index (κ2) is 7.15. The van der Waals surface area contributed by atoms with Gasteiger partial charge >= 0.3 is 0 Å². The minimum atomic E-state index is 0.104. The molecule has 1 atom stereocenters. The van der Waals surface area contributed by atoms with E-state index < -0.39 is 0 Å². The molecule has 2 heterocycles. The zero-order valence-corrected chi connectivity index (χ0v) is 12.8. The Morgan fingerprint density at radius 1 is 1.29 bits per heavy atom. The summed E-state index contributed by atoms with van der Waals surface area (Å²) in [6.07, 6.45) is 7.03. The number of hydrogen-bond donors (Lipinski definition) is 2. The van der Waals surface area contributed by atoms with Crippen LogP contribution in [0, 0.1) is 13.8 Å². The average Bonchev–Trinajstić information content (AvgIpc) is 2.50. The Balaban J connectivity index is 2.15. The molecule has 112 valence electrons. The first-order chi connectivity index (χ1) is 10.2. The van der Waals surface area contributed by atoms with Crippen LogP contribution < -0.4 is 16.0 Å². The van der Waals surface area contributed by atoms with Gasteiger partial charge in [0, 0.05) is 47.9 Å². The summed E-state index contributed by atoms with van der Waals surface area (Å²) in [5.41, 5.74) is 7.14. The molecule has 21 heavy (non-hydrogen) atoms. The molecule has 0 aliphatic heterocycles. The summed E-state index contributed by atoms with van der Waals surface area (Å²) in [7, 11) is 1.69. The molecule has 0 saturated carbocycles. The van der Waals surface area contributed by atoms with Crippen molar-refractivity contribution in [3.8, 4) is 5.75 Å². The Hall–Kier alpha value is -1.98. The van der Waals surface area contributed by atoms with Crippen molar-refractivity contribution in [1.82, 2.24) is 15.4 Å². The van der Waals surface area contributed by atoms with Gasteiger partial charge in [-0.05, 0) is 31.9 Å². The van der Waals surface area contributed by atoms with Crippen LogP contribution in [0.2, 0.25) is 0 Å². The summed E-state index contributed by atoms with van der Waals surface area (Å²) in [6, 6.07) is 4.09. The standard InChI is InChI=1S/C16H22N4O/c1-11-9-19-15(12(2)16(11)21-3)8-14(20-17)7-13-5-4-6-18-10-13/h4-6,9-10,14,20H,7-8,17H2,1-3H3. The quantitative estimate of drug-likeness (QED) is 0.625. The topological polar surface area (TPSA) is 73.1 Å². The van der Waals surface area contributed by atoms with Gasteiger partial charge in [0.25, 0.3) is 0 Å². The van der Waals surface area contributed by atoms with E-state index in [-0.39, 0.29) is 6.04 Å². The number of nitrogens with two attached hydrogens (primary N) is 1. The number of rotatable bonds is 6. The van der Waals surface area contributed by atoms with Crippen LogP contribution in [0.4, 0.5) is 0 Å². The molecular weight excluding hydrogens is 264 g/mol. The van der Waals surface area contributed by atoms with E-state index in [4.69, 9.17) is 10.6 Å². The number of hydrogen-bond acceptors (Lipinski definition) is 5. The third-order valence-corrected chi connectivity index (χ3v) is 3.63. The van der Waals surface area contributed by atoms with Crippen molar-refractivity contribution in [2.24, 2.45) is 5.84 Å². The van der Waals surface area contributed by atoms with E-state index >= 15 is 0 Å². The van der Waals surface area contributed by atoms with Gasteiger partial charge in [0.05, 0.1) is 7.11 Å². The maximum atomic E-state index is 5.69. The molecule has 0 radical (unpaired) electrons.